The Hall–Kier alpha value is -2.63. The first-order valence-corrected chi connectivity index (χ1v) is 5.27. The van der Waals surface area contributed by atoms with Gasteiger partial charge >= 0.3 is 0 Å². The lowest BCUT2D eigenvalue weighted by Crippen LogP contribution is -2.07. The number of ether oxygens (including phenoxy) is 1. The minimum atomic E-state index is -0.179. The number of hydrogen-bond donors (Lipinski definition) is 2. The molecule has 0 aliphatic carbocycles. The second kappa shape index (κ2) is 5.13. The van der Waals surface area contributed by atoms with Crippen LogP contribution >= 0.6 is 0 Å². The van der Waals surface area contributed by atoms with E-state index in [1.54, 1.807) is 24.3 Å². The van der Waals surface area contributed by atoms with Crippen molar-refractivity contribution in [2.45, 2.75) is 6.92 Å². The quantitative estimate of drug-likeness (QED) is 0.859. The Balaban J connectivity index is 2.29. The molecule has 6 nitrogen and oxygen atoms in total. The van der Waals surface area contributed by atoms with E-state index in [-0.39, 0.29) is 11.8 Å². The third-order valence-corrected chi connectivity index (χ3v) is 2.11. The minimum absolute atomic E-state index is 0.179. The number of nitrogen functional groups attached to an aromatic ring is 1. The highest BCUT2D eigenvalue weighted by atomic mass is 16.5. The van der Waals surface area contributed by atoms with Gasteiger partial charge in [0, 0.05) is 6.92 Å². The van der Waals surface area contributed by atoms with E-state index in [0.717, 1.165) is 0 Å². The third-order valence-electron chi connectivity index (χ3n) is 2.11. The van der Waals surface area contributed by atoms with Crippen LogP contribution in [0.4, 0.5) is 11.4 Å². The number of aromatic nitrogens is 2. The van der Waals surface area contributed by atoms with Crippen molar-refractivity contribution < 1.29 is 9.53 Å². The van der Waals surface area contributed by atoms with Crippen molar-refractivity contribution in [1.29, 1.82) is 0 Å². The molecule has 6 heteroatoms. The fraction of sp³-hybridized carbons (Fsp3) is 0.0833. The fourth-order valence-electron chi connectivity index (χ4n) is 1.37. The number of anilines is 2. The Morgan fingerprint density at radius 3 is 2.89 bits per heavy atom. The van der Waals surface area contributed by atoms with Gasteiger partial charge in [0.05, 0.1) is 11.9 Å². The van der Waals surface area contributed by atoms with Gasteiger partial charge in [0.1, 0.15) is 12.0 Å². The molecule has 0 saturated carbocycles. The first kappa shape index (κ1) is 11.8. The summed E-state index contributed by atoms with van der Waals surface area (Å²) in [5.74, 6) is 0.544. The third kappa shape index (κ3) is 2.73. The van der Waals surface area contributed by atoms with Gasteiger partial charge in [0.15, 0.2) is 5.75 Å². The molecule has 0 bridgehead atoms. The van der Waals surface area contributed by atoms with Crippen LogP contribution in [0, 0.1) is 0 Å². The number of carbonyl (C=O) groups is 1. The van der Waals surface area contributed by atoms with Crippen molar-refractivity contribution in [1.82, 2.24) is 9.97 Å². The van der Waals surface area contributed by atoms with E-state index in [1.807, 2.05) is 0 Å². The fourth-order valence-corrected chi connectivity index (χ4v) is 1.37. The van der Waals surface area contributed by atoms with Crippen LogP contribution in [0.5, 0.6) is 11.6 Å². The number of para-hydroxylation sites is 2. The number of amides is 1. The molecule has 18 heavy (non-hydrogen) atoms. The zero-order valence-corrected chi connectivity index (χ0v) is 9.75. The summed E-state index contributed by atoms with van der Waals surface area (Å²) in [5.41, 5.74) is 6.57. The molecule has 2 aromatic rings. The molecule has 0 spiro atoms. The van der Waals surface area contributed by atoms with Gasteiger partial charge in [-0.3, -0.25) is 4.79 Å². The van der Waals surface area contributed by atoms with Crippen LogP contribution in [0.15, 0.2) is 36.8 Å². The first-order chi connectivity index (χ1) is 8.66. The number of nitrogens with one attached hydrogen (secondary N) is 1. The van der Waals surface area contributed by atoms with E-state index in [1.165, 1.54) is 19.4 Å². The number of nitrogens with zero attached hydrogens (tertiary/aromatic N) is 2. The highest BCUT2D eigenvalue weighted by Crippen LogP contribution is 2.30. The minimum Gasteiger partial charge on any atom is -0.435 e. The van der Waals surface area contributed by atoms with Crippen molar-refractivity contribution in [3.8, 4) is 11.6 Å². The zero-order chi connectivity index (χ0) is 13.0. The van der Waals surface area contributed by atoms with E-state index < -0.39 is 0 Å². The molecule has 0 aliphatic rings. The predicted molar refractivity (Wildman–Crippen MR) is 67.3 cm³/mol. The molecule has 2 rings (SSSR count). The molecule has 3 N–H and O–H groups in total. The van der Waals surface area contributed by atoms with Gasteiger partial charge in [-0.1, -0.05) is 12.1 Å². The van der Waals surface area contributed by atoms with Crippen LogP contribution in [0.3, 0.4) is 0 Å². The summed E-state index contributed by atoms with van der Waals surface area (Å²) in [6.07, 6.45) is 2.79. The second-order valence-electron chi connectivity index (χ2n) is 3.56. The molecule has 0 radical (unpaired) electrons. The summed E-state index contributed by atoms with van der Waals surface area (Å²) in [5, 5.41) is 2.66. The van der Waals surface area contributed by atoms with Crippen LogP contribution in [-0.4, -0.2) is 15.9 Å². The average molecular weight is 244 g/mol. The average Bonchev–Trinajstić information content (AvgIpc) is 2.34. The largest absolute Gasteiger partial charge is 0.435 e. The molecule has 92 valence electrons. The molecule has 1 aromatic heterocycles. The number of benzene rings is 1. The maximum Gasteiger partial charge on any atom is 0.245 e. The molecule has 1 aromatic carbocycles. The summed E-state index contributed by atoms with van der Waals surface area (Å²) in [7, 11) is 0. The Labute approximate surface area is 104 Å². The van der Waals surface area contributed by atoms with Gasteiger partial charge in [0.25, 0.3) is 0 Å². The normalized spacial score (nSPS) is 9.83. The van der Waals surface area contributed by atoms with Gasteiger partial charge in [-0.2, -0.15) is 4.98 Å². The second-order valence-corrected chi connectivity index (χ2v) is 3.56. The predicted octanol–water partition coefficient (Wildman–Crippen LogP) is 1.81. The molecular formula is C12H12N4O2. The topological polar surface area (TPSA) is 90.1 Å². The van der Waals surface area contributed by atoms with E-state index >= 15 is 0 Å². The van der Waals surface area contributed by atoms with E-state index in [9.17, 15) is 4.79 Å². The summed E-state index contributed by atoms with van der Waals surface area (Å²) in [6.45, 7) is 1.43. The van der Waals surface area contributed by atoms with Gasteiger partial charge in [0.2, 0.25) is 11.8 Å². The standard InChI is InChI=1S/C12H12N4O2/c1-8(17)16-10-4-2-3-5-11(10)18-12-9(13)6-14-7-15-12/h2-7H,13H2,1H3,(H,16,17). The number of rotatable bonds is 3. The van der Waals surface area contributed by atoms with Crippen molar-refractivity contribution in [2.24, 2.45) is 0 Å². The van der Waals surface area contributed by atoms with Crippen molar-refractivity contribution in [3.63, 3.8) is 0 Å². The van der Waals surface area contributed by atoms with Crippen LogP contribution in [0.2, 0.25) is 0 Å². The Morgan fingerprint density at radius 1 is 1.39 bits per heavy atom. The maximum absolute atomic E-state index is 11.1. The van der Waals surface area contributed by atoms with Gasteiger partial charge in [-0.15, -0.1) is 0 Å². The SMILES string of the molecule is CC(=O)Nc1ccccc1Oc1ncncc1N. The molecule has 0 unspecified atom stereocenters. The molecule has 1 amide bonds. The van der Waals surface area contributed by atoms with Crippen LogP contribution in [-0.2, 0) is 4.79 Å². The summed E-state index contributed by atoms with van der Waals surface area (Å²) >= 11 is 0. The van der Waals surface area contributed by atoms with Gasteiger partial charge in [-0.05, 0) is 12.1 Å². The van der Waals surface area contributed by atoms with Gasteiger partial charge < -0.3 is 15.8 Å². The van der Waals surface area contributed by atoms with E-state index in [4.69, 9.17) is 10.5 Å². The van der Waals surface area contributed by atoms with Crippen LogP contribution < -0.4 is 15.8 Å². The lowest BCUT2D eigenvalue weighted by atomic mass is 10.3. The van der Waals surface area contributed by atoms with Crippen LogP contribution in [0.1, 0.15) is 6.92 Å². The highest BCUT2D eigenvalue weighted by molar-refractivity contribution is 5.90. The summed E-state index contributed by atoms with van der Waals surface area (Å²) in [4.78, 5) is 18.8. The van der Waals surface area contributed by atoms with Crippen molar-refractivity contribution >= 4 is 17.3 Å². The van der Waals surface area contributed by atoms with Gasteiger partial charge in [-0.25, -0.2) is 4.98 Å². The highest BCUT2D eigenvalue weighted by Gasteiger charge is 2.08. The van der Waals surface area contributed by atoms with Crippen molar-refractivity contribution in [3.05, 3.63) is 36.8 Å². The van der Waals surface area contributed by atoms with Crippen molar-refractivity contribution in [2.75, 3.05) is 11.1 Å². The number of hydrogen-bond acceptors (Lipinski definition) is 5. The van der Waals surface area contributed by atoms with E-state index in [2.05, 4.69) is 15.3 Å². The molecular weight excluding hydrogens is 232 g/mol. The molecule has 0 atom stereocenters. The lowest BCUT2D eigenvalue weighted by Gasteiger charge is -2.11. The molecule has 0 aliphatic heterocycles. The number of nitrogens with two attached hydrogens (primary N) is 1. The summed E-state index contributed by atoms with van der Waals surface area (Å²) < 4.78 is 5.55. The zero-order valence-electron chi connectivity index (χ0n) is 9.75. The molecule has 1 heterocycles. The molecule has 0 fully saturated rings. The monoisotopic (exact) mass is 244 g/mol. The summed E-state index contributed by atoms with van der Waals surface area (Å²) in [6, 6.07) is 7.03. The Kier molecular flexibility index (Phi) is 3.38. The molecule has 0 saturated heterocycles. The lowest BCUT2D eigenvalue weighted by molar-refractivity contribution is -0.114. The van der Waals surface area contributed by atoms with Crippen LogP contribution in [0.25, 0.3) is 0 Å². The van der Waals surface area contributed by atoms with E-state index in [0.29, 0.717) is 17.1 Å². The maximum atomic E-state index is 11.1. The number of carbonyl (C=O) groups excluding carboxylic acids is 1. The smallest absolute Gasteiger partial charge is 0.245 e. The Morgan fingerprint density at radius 2 is 2.17 bits per heavy atom. The Bertz CT molecular complexity index is 572. The first-order valence-electron chi connectivity index (χ1n) is 5.27.